The molecule has 1 aromatic carbocycles. The van der Waals surface area contributed by atoms with Gasteiger partial charge in [-0.15, -0.1) is 6.58 Å². The van der Waals surface area contributed by atoms with E-state index in [-0.39, 0.29) is 29.7 Å². The monoisotopic (exact) mass is 758 g/mol. The Morgan fingerprint density at radius 2 is 1.84 bits per heavy atom. The van der Waals surface area contributed by atoms with E-state index in [9.17, 15) is 57.8 Å². The molecule has 2 aromatic rings. The zero-order chi connectivity index (χ0) is 36.9. The molecule has 0 spiro atoms. The normalized spacial score (nSPS) is 21.5. The number of benzene rings is 1. The zero-order valence-corrected chi connectivity index (χ0v) is 27.4. The van der Waals surface area contributed by atoms with Crippen molar-refractivity contribution in [1.29, 1.82) is 0 Å². The van der Waals surface area contributed by atoms with Crippen molar-refractivity contribution in [2.24, 2.45) is 0 Å². The van der Waals surface area contributed by atoms with Crippen LogP contribution >= 0.6 is 23.5 Å². The van der Waals surface area contributed by atoms with E-state index in [4.69, 9.17) is 25.0 Å². The van der Waals surface area contributed by atoms with E-state index in [2.05, 4.69) is 25.0 Å². The predicted molar refractivity (Wildman–Crippen MR) is 162 cm³/mol. The maximum Gasteiger partial charge on any atom is 0.536 e. The molecular formula is C22H30BN4O19P3. The van der Waals surface area contributed by atoms with Gasteiger partial charge in [0.1, 0.15) is 18.6 Å². The molecule has 23 nitrogen and oxygen atoms in total. The van der Waals surface area contributed by atoms with Gasteiger partial charge in [-0.2, -0.15) is 8.62 Å². The third kappa shape index (κ3) is 10.6. The third-order valence-corrected chi connectivity index (χ3v) is 10.1. The molecule has 1 saturated heterocycles. The minimum Gasteiger partial charge on any atom is -0.423 e. The van der Waals surface area contributed by atoms with Gasteiger partial charge in [0.15, 0.2) is 5.72 Å². The molecule has 2 heterocycles. The number of hydrogen-bond donors (Lipinski definition) is 10. The number of carbonyl (C=O) groups is 2. The van der Waals surface area contributed by atoms with E-state index >= 15 is 0 Å². The first kappa shape index (κ1) is 40.1. The maximum absolute atomic E-state index is 13.0. The molecule has 6 atom stereocenters. The van der Waals surface area contributed by atoms with Crippen molar-refractivity contribution in [3.63, 3.8) is 0 Å². The summed E-state index contributed by atoms with van der Waals surface area (Å²) < 4.78 is 58.9. The number of nitrogen functional groups attached to an aromatic ring is 1. The summed E-state index contributed by atoms with van der Waals surface area (Å²) in [5, 5.41) is 33.4. The first-order valence-corrected chi connectivity index (χ1v) is 17.9. The number of carbonyl (C=O) groups excluding carboxylic acids is 2. The second kappa shape index (κ2) is 15.7. The second-order valence-electron chi connectivity index (χ2n) is 10.0. The number of aromatic nitrogens is 2. The van der Waals surface area contributed by atoms with Crippen molar-refractivity contribution >= 4 is 53.9 Å². The Kier molecular flexibility index (Phi) is 12.9. The fourth-order valence-electron chi connectivity index (χ4n) is 4.56. The highest BCUT2D eigenvalue weighted by molar-refractivity contribution is 7.66. The van der Waals surface area contributed by atoms with Gasteiger partial charge in [-0.05, 0) is 17.6 Å². The van der Waals surface area contributed by atoms with Crippen molar-refractivity contribution < 1.29 is 80.6 Å². The summed E-state index contributed by atoms with van der Waals surface area (Å²) in [7, 11) is -19.7. The van der Waals surface area contributed by atoms with Crippen LogP contribution in [0.25, 0.3) is 0 Å². The van der Waals surface area contributed by atoms with Crippen molar-refractivity contribution in [3.8, 4) is 5.75 Å². The lowest BCUT2D eigenvalue weighted by atomic mass is 9.77. The zero-order valence-electron chi connectivity index (χ0n) is 24.7. The van der Waals surface area contributed by atoms with Gasteiger partial charge in [0.2, 0.25) is 11.7 Å². The fraction of sp³-hybridized carbons (Fsp3) is 0.364. The number of aliphatic hydroxyl groups is 1. The summed E-state index contributed by atoms with van der Waals surface area (Å²) >= 11 is 0. The van der Waals surface area contributed by atoms with Crippen LogP contribution < -0.4 is 32.3 Å². The van der Waals surface area contributed by atoms with E-state index < -0.39 is 90.5 Å². The third-order valence-electron chi connectivity index (χ3n) is 6.32. The van der Waals surface area contributed by atoms with Crippen molar-refractivity contribution in [3.05, 3.63) is 63.5 Å². The number of amides is 1. The number of rotatable bonds is 17. The van der Waals surface area contributed by atoms with E-state index in [0.29, 0.717) is 17.1 Å². The molecule has 1 fully saturated rings. The minimum atomic E-state index is -5.99. The SMILES string of the molecule is C=CCOC(NC(=O)CCC=O)(c1cc(N)cc(B(O)O)c1)[C@H]1O[C@@H](n2cc(OP(=O)(O)OP(=O)(O)OP(=O)(O)O)c(=O)[nH]c2=O)C[C@@H]1O. The quantitative estimate of drug-likeness (QED) is 0.0196. The first-order valence-electron chi connectivity index (χ1n) is 13.4. The number of phosphoric acid groups is 3. The second-order valence-corrected chi connectivity index (χ2v) is 14.4. The lowest BCUT2D eigenvalue weighted by molar-refractivity contribution is -0.190. The van der Waals surface area contributed by atoms with Gasteiger partial charge in [-0.3, -0.25) is 24.0 Å². The number of nitrogens with zero attached hydrogens (tertiary/aromatic N) is 1. The van der Waals surface area contributed by atoms with Crippen LogP contribution in [0.4, 0.5) is 5.69 Å². The lowest BCUT2D eigenvalue weighted by Gasteiger charge is -2.40. The average molecular weight is 758 g/mol. The molecule has 0 saturated carbocycles. The van der Waals surface area contributed by atoms with E-state index in [0.717, 1.165) is 6.07 Å². The van der Waals surface area contributed by atoms with Gasteiger partial charge < -0.3 is 59.7 Å². The van der Waals surface area contributed by atoms with E-state index in [1.165, 1.54) is 18.2 Å². The Bertz CT molecular complexity index is 1830. The molecule has 1 amide bonds. The molecule has 1 aromatic heterocycles. The number of anilines is 1. The van der Waals surface area contributed by atoms with Gasteiger partial charge in [0, 0.05) is 30.5 Å². The van der Waals surface area contributed by atoms with Gasteiger partial charge in [0.25, 0.3) is 5.56 Å². The van der Waals surface area contributed by atoms with E-state index in [1.807, 2.05) is 0 Å². The van der Waals surface area contributed by atoms with Crippen LogP contribution in [0.2, 0.25) is 0 Å². The Morgan fingerprint density at radius 1 is 1.16 bits per heavy atom. The molecular weight excluding hydrogens is 728 g/mol. The molecule has 0 bridgehead atoms. The standard InChI is InChI=1S/C22H30BN4O19P3/c1-2-6-42-22(26-17(30)4-3-5-28,12-7-13(23(33)34)9-14(24)8-12)19-15(29)10-18(43-19)27-11-16(20(31)25-21(27)32)44-48(38,39)46-49(40,41)45-47(35,36)37/h2,5,7-9,11,15,18-19,29,33-34H,1,3-4,6,10,24H2,(H,26,30)(H,38,39)(H,40,41)(H,25,31,32)(H2,35,36,37)/t15-,18+,19-,22?/m0/s1. The number of phosphoric ester groups is 1. The molecule has 0 aliphatic carbocycles. The fourth-order valence-corrected chi connectivity index (χ4v) is 7.58. The number of aliphatic hydroxyl groups excluding tert-OH is 1. The van der Waals surface area contributed by atoms with Crippen molar-refractivity contribution in [2.45, 2.75) is 43.4 Å². The van der Waals surface area contributed by atoms with Crippen LogP contribution in [0, 0.1) is 0 Å². The summed E-state index contributed by atoms with van der Waals surface area (Å²) in [6, 6.07) is 3.54. The number of aldehydes is 1. The van der Waals surface area contributed by atoms with Gasteiger partial charge in [-0.1, -0.05) is 12.1 Å². The minimum absolute atomic E-state index is 0.0775. The maximum atomic E-state index is 13.0. The Labute approximate surface area is 274 Å². The molecule has 1 aliphatic rings. The van der Waals surface area contributed by atoms with Crippen molar-refractivity contribution in [1.82, 2.24) is 14.9 Å². The molecule has 49 heavy (non-hydrogen) atoms. The smallest absolute Gasteiger partial charge is 0.423 e. The first-order chi connectivity index (χ1) is 22.6. The number of nitrogens with one attached hydrogen (secondary N) is 2. The lowest BCUT2D eigenvalue weighted by Crippen LogP contribution is -2.59. The molecule has 3 rings (SSSR count). The topological polar surface area (TPSA) is 366 Å². The Morgan fingerprint density at radius 3 is 2.43 bits per heavy atom. The van der Waals surface area contributed by atoms with Gasteiger partial charge in [0.05, 0.1) is 18.9 Å². The Hall–Kier alpha value is -3.31. The highest BCUT2D eigenvalue weighted by Gasteiger charge is 2.53. The van der Waals surface area contributed by atoms with Gasteiger partial charge in [-0.25, -0.2) is 18.5 Å². The highest BCUT2D eigenvalue weighted by Crippen LogP contribution is 2.65. The van der Waals surface area contributed by atoms with Crippen LogP contribution in [0.1, 0.15) is 31.1 Å². The number of aromatic amines is 1. The molecule has 270 valence electrons. The van der Waals surface area contributed by atoms with Crippen LogP contribution in [0.15, 0.2) is 46.6 Å². The van der Waals surface area contributed by atoms with E-state index in [1.54, 1.807) is 4.98 Å². The van der Waals surface area contributed by atoms with Crippen LogP contribution in [-0.4, -0.2) is 82.4 Å². The summed E-state index contributed by atoms with van der Waals surface area (Å²) in [5.74, 6) is -2.08. The largest absolute Gasteiger partial charge is 0.536 e. The van der Waals surface area contributed by atoms with Crippen LogP contribution in [0.3, 0.4) is 0 Å². The summed E-state index contributed by atoms with van der Waals surface area (Å²) in [6.45, 7) is 3.18. The highest BCUT2D eigenvalue weighted by atomic mass is 31.3. The van der Waals surface area contributed by atoms with Crippen LogP contribution in [0.5, 0.6) is 5.75 Å². The average Bonchev–Trinajstić information content (AvgIpc) is 3.34. The summed E-state index contributed by atoms with van der Waals surface area (Å²) in [4.78, 5) is 87.5. The van der Waals surface area contributed by atoms with Crippen molar-refractivity contribution in [2.75, 3.05) is 12.3 Å². The molecule has 27 heteroatoms. The summed E-state index contributed by atoms with van der Waals surface area (Å²) in [5.41, 5.74) is 0.510. The summed E-state index contributed by atoms with van der Waals surface area (Å²) in [6.07, 6.45) is -4.09. The molecule has 0 radical (unpaired) electrons. The molecule has 3 unspecified atom stereocenters. The molecule has 1 aliphatic heterocycles. The number of nitrogens with two attached hydrogens (primary N) is 1. The number of hydrogen-bond acceptors (Lipinski definition) is 16. The Balaban J connectivity index is 2.09. The molecule has 11 N–H and O–H groups in total. The number of ether oxygens (including phenoxy) is 2. The van der Waals surface area contributed by atoms with Gasteiger partial charge >= 0.3 is 36.3 Å². The number of H-pyrrole nitrogens is 1. The van der Waals surface area contributed by atoms with Crippen LogP contribution in [-0.2, 0) is 47.1 Å². The predicted octanol–water partition coefficient (Wildman–Crippen LogP) is -2.70.